The van der Waals surface area contributed by atoms with Crippen LogP contribution >= 0.6 is 0 Å². The van der Waals surface area contributed by atoms with Crippen LogP contribution in [0.4, 0.5) is 13.2 Å². The van der Waals surface area contributed by atoms with Gasteiger partial charge < -0.3 is 5.11 Å². The molecule has 0 heterocycles. The van der Waals surface area contributed by atoms with Crippen molar-refractivity contribution >= 4 is 10.8 Å². The molecule has 0 spiro atoms. The van der Waals surface area contributed by atoms with E-state index in [1.54, 1.807) is 19.9 Å². The lowest BCUT2D eigenvalue weighted by Gasteiger charge is -2.28. The molecule has 0 aliphatic heterocycles. The molecule has 2 aromatic rings. The average Bonchev–Trinajstić information content (AvgIpc) is 2.39. The number of hydrogen-bond acceptors (Lipinski definition) is 2. The van der Waals surface area contributed by atoms with Gasteiger partial charge in [-0.2, -0.15) is 13.2 Å². The monoisotopic (exact) mass is 297 g/mol. The smallest absolute Gasteiger partial charge is 0.401 e. The Kier molecular flexibility index (Phi) is 4.42. The molecule has 0 aliphatic rings. The summed E-state index contributed by atoms with van der Waals surface area (Å²) in [6, 6.07) is 10.4. The number of phenolic OH excluding ortho intramolecular Hbond substituents is 1. The highest BCUT2D eigenvalue weighted by atomic mass is 19.4. The first kappa shape index (κ1) is 15.6. The van der Waals surface area contributed by atoms with Crippen molar-refractivity contribution < 1.29 is 18.3 Å². The Bertz CT molecular complexity index is 622. The van der Waals surface area contributed by atoms with E-state index >= 15 is 0 Å². The maximum Gasteiger partial charge on any atom is 0.401 e. The maximum absolute atomic E-state index is 12.7. The summed E-state index contributed by atoms with van der Waals surface area (Å²) in [5.74, 6) is 0.0292. The van der Waals surface area contributed by atoms with E-state index in [0.717, 1.165) is 10.8 Å². The molecule has 2 nitrogen and oxygen atoms in total. The summed E-state index contributed by atoms with van der Waals surface area (Å²) < 4.78 is 38.0. The second-order valence-corrected chi connectivity index (χ2v) is 5.40. The fraction of sp³-hybridized carbons (Fsp3) is 0.375. The third-order valence-corrected chi connectivity index (χ3v) is 3.49. The molecule has 0 unspecified atom stereocenters. The number of alkyl halides is 3. The topological polar surface area (TPSA) is 23.5 Å². The van der Waals surface area contributed by atoms with Crippen LogP contribution in [-0.2, 0) is 6.54 Å². The fourth-order valence-electron chi connectivity index (χ4n) is 2.35. The summed E-state index contributed by atoms with van der Waals surface area (Å²) in [6.07, 6.45) is -4.26. The van der Waals surface area contributed by atoms with Crippen molar-refractivity contribution in [2.75, 3.05) is 6.54 Å². The quantitative estimate of drug-likeness (QED) is 0.908. The summed E-state index contributed by atoms with van der Waals surface area (Å²) in [5.41, 5.74) is 0.533. The molecule has 21 heavy (non-hydrogen) atoms. The van der Waals surface area contributed by atoms with Gasteiger partial charge in [-0.05, 0) is 30.7 Å². The Morgan fingerprint density at radius 1 is 1.10 bits per heavy atom. The molecule has 2 rings (SSSR count). The first-order chi connectivity index (χ1) is 9.78. The first-order valence-electron chi connectivity index (χ1n) is 6.78. The highest BCUT2D eigenvalue weighted by Crippen LogP contribution is 2.30. The van der Waals surface area contributed by atoms with Crippen molar-refractivity contribution in [1.29, 1.82) is 0 Å². The standard InChI is InChI=1S/C16H18F3NO/c1-11(2)20(10-16(17,18)19)9-14-13-6-4-3-5-12(13)7-8-15(14)21/h3-8,11,21H,9-10H2,1-2H3. The Labute approximate surface area is 121 Å². The largest absolute Gasteiger partial charge is 0.508 e. The molecule has 114 valence electrons. The maximum atomic E-state index is 12.7. The molecule has 5 heteroatoms. The summed E-state index contributed by atoms with van der Waals surface area (Å²) in [6.45, 7) is 2.50. The lowest BCUT2D eigenvalue weighted by molar-refractivity contribution is -0.150. The van der Waals surface area contributed by atoms with Crippen LogP contribution in [0.1, 0.15) is 19.4 Å². The van der Waals surface area contributed by atoms with Crippen molar-refractivity contribution in [3.05, 3.63) is 42.0 Å². The van der Waals surface area contributed by atoms with E-state index in [1.165, 1.54) is 11.0 Å². The predicted molar refractivity (Wildman–Crippen MR) is 77.2 cm³/mol. The van der Waals surface area contributed by atoms with E-state index in [1.807, 2.05) is 24.3 Å². The SMILES string of the molecule is CC(C)N(Cc1c(O)ccc2ccccc12)CC(F)(F)F. The second kappa shape index (κ2) is 5.93. The van der Waals surface area contributed by atoms with Crippen LogP contribution < -0.4 is 0 Å². The van der Waals surface area contributed by atoms with Crippen molar-refractivity contribution in [1.82, 2.24) is 4.90 Å². The van der Waals surface area contributed by atoms with E-state index in [0.29, 0.717) is 5.56 Å². The third-order valence-electron chi connectivity index (χ3n) is 3.49. The number of rotatable bonds is 4. The Morgan fingerprint density at radius 3 is 2.38 bits per heavy atom. The molecule has 2 aromatic carbocycles. The fourth-order valence-corrected chi connectivity index (χ4v) is 2.35. The number of aromatic hydroxyl groups is 1. The number of fused-ring (bicyclic) bond motifs is 1. The van der Waals surface area contributed by atoms with Gasteiger partial charge in [-0.25, -0.2) is 0 Å². The van der Waals surface area contributed by atoms with Gasteiger partial charge >= 0.3 is 6.18 Å². The number of halogens is 3. The van der Waals surface area contributed by atoms with Gasteiger partial charge in [0.25, 0.3) is 0 Å². The van der Waals surface area contributed by atoms with Crippen LogP contribution in [0.25, 0.3) is 10.8 Å². The molecule has 0 bridgehead atoms. The zero-order chi connectivity index (χ0) is 15.6. The van der Waals surface area contributed by atoms with Gasteiger partial charge in [0, 0.05) is 18.2 Å². The van der Waals surface area contributed by atoms with Crippen molar-refractivity contribution in [3.63, 3.8) is 0 Å². The van der Waals surface area contributed by atoms with Crippen LogP contribution in [0.15, 0.2) is 36.4 Å². The van der Waals surface area contributed by atoms with Gasteiger partial charge in [-0.15, -0.1) is 0 Å². The molecule has 0 aliphatic carbocycles. The van der Waals surface area contributed by atoms with Crippen molar-refractivity contribution in [2.24, 2.45) is 0 Å². The molecule has 0 saturated heterocycles. The molecular formula is C16H18F3NO. The average molecular weight is 297 g/mol. The van der Waals surface area contributed by atoms with Crippen LogP contribution in [0.5, 0.6) is 5.75 Å². The molecule has 0 aromatic heterocycles. The summed E-state index contributed by atoms with van der Waals surface area (Å²) in [4.78, 5) is 1.31. The second-order valence-electron chi connectivity index (χ2n) is 5.40. The lowest BCUT2D eigenvalue weighted by atomic mass is 10.0. The van der Waals surface area contributed by atoms with Crippen LogP contribution in [0, 0.1) is 0 Å². The number of nitrogens with zero attached hydrogens (tertiary/aromatic N) is 1. The van der Waals surface area contributed by atoms with Crippen molar-refractivity contribution in [2.45, 2.75) is 32.6 Å². The van der Waals surface area contributed by atoms with E-state index in [9.17, 15) is 18.3 Å². The van der Waals surface area contributed by atoms with E-state index in [2.05, 4.69) is 0 Å². The molecule has 0 atom stereocenters. The van der Waals surface area contributed by atoms with Crippen LogP contribution in [-0.4, -0.2) is 28.8 Å². The van der Waals surface area contributed by atoms with Gasteiger partial charge in [0.05, 0.1) is 6.54 Å². The van der Waals surface area contributed by atoms with E-state index in [-0.39, 0.29) is 18.3 Å². The lowest BCUT2D eigenvalue weighted by Crippen LogP contribution is -2.38. The van der Waals surface area contributed by atoms with Gasteiger partial charge in [0.2, 0.25) is 0 Å². The molecule has 0 amide bonds. The molecule has 0 fully saturated rings. The Morgan fingerprint density at radius 2 is 1.76 bits per heavy atom. The zero-order valence-corrected chi connectivity index (χ0v) is 12.0. The highest BCUT2D eigenvalue weighted by molar-refractivity contribution is 5.87. The number of hydrogen-bond donors (Lipinski definition) is 1. The molecule has 0 radical (unpaired) electrons. The minimum atomic E-state index is -4.26. The summed E-state index contributed by atoms with van der Waals surface area (Å²) in [7, 11) is 0. The van der Waals surface area contributed by atoms with Gasteiger partial charge in [0.15, 0.2) is 0 Å². The third kappa shape index (κ3) is 3.88. The highest BCUT2D eigenvalue weighted by Gasteiger charge is 2.32. The van der Waals surface area contributed by atoms with E-state index < -0.39 is 12.7 Å². The number of phenols is 1. The molecular weight excluding hydrogens is 279 g/mol. The van der Waals surface area contributed by atoms with Crippen LogP contribution in [0.2, 0.25) is 0 Å². The van der Waals surface area contributed by atoms with Gasteiger partial charge in [-0.1, -0.05) is 30.3 Å². The van der Waals surface area contributed by atoms with Crippen molar-refractivity contribution in [3.8, 4) is 5.75 Å². The normalized spacial score (nSPS) is 12.5. The first-order valence-corrected chi connectivity index (χ1v) is 6.78. The summed E-state index contributed by atoms with van der Waals surface area (Å²) in [5, 5.41) is 11.7. The minimum Gasteiger partial charge on any atom is -0.508 e. The van der Waals surface area contributed by atoms with Crippen LogP contribution in [0.3, 0.4) is 0 Å². The molecule has 0 saturated carbocycles. The zero-order valence-electron chi connectivity index (χ0n) is 12.0. The number of benzene rings is 2. The Hall–Kier alpha value is -1.75. The minimum absolute atomic E-state index is 0.0292. The van der Waals surface area contributed by atoms with Gasteiger partial charge in [-0.3, -0.25) is 4.90 Å². The molecule has 1 N–H and O–H groups in total. The predicted octanol–water partition coefficient (Wildman–Crippen LogP) is 4.32. The van der Waals surface area contributed by atoms with E-state index in [4.69, 9.17) is 0 Å². The Balaban J connectivity index is 2.38. The summed E-state index contributed by atoms with van der Waals surface area (Å²) >= 11 is 0. The van der Waals surface area contributed by atoms with Gasteiger partial charge in [0.1, 0.15) is 5.75 Å².